The fourth-order valence-corrected chi connectivity index (χ4v) is 8.71. The molecule has 0 spiro atoms. The van der Waals surface area contributed by atoms with Crippen molar-refractivity contribution in [3.8, 4) is 45.5 Å². The second-order valence-electron chi connectivity index (χ2n) is 14.4. The highest BCUT2D eigenvalue weighted by molar-refractivity contribution is 6.13. The summed E-state index contributed by atoms with van der Waals surface area (Å²) in [5, 5.41) is 6.64. The summed E-state index contributed by atoms with van der Waals surface area (Å²) in [4.78, 5) is 16.1. The minimum Gasteiger partial charge on any atom is -0.456 e. The van der Waals surface area contributed by atoms with E-state index in [2.05, 4.69) is 179 Å². The lowest BCUT2D eigenvalue weighted by Gasteiger charge is -2.15. The number of hydrogen-bond acceptors (Lipinski definition) is 4. The Balaban J connectivity index is 1.15. The summed E-state index contributed by atoms with van der Waals surface area (Å²) in [6, 6.07) is 65.4. The highest BCUT2D eigenvalue weighted by Crippen LogP contribution is 2.40. The topological polar surface area (TPSA) is 61.7 Å². The SMILES string of the molecule is c1ccc(-c2ccc3c(c2)oc2cccc(-c4nc(-c5ccccc5-n5c6ccccc6c6ccccc65)nc(-n5c6ccccc6c6ccccc65)n4)c23)cc1. The monoisotopic (exact) mass is 729 g/mol. The van der Waals surface area contributed by atoms with E-state index in [0.29, 0.717) is 17.6 Å². The first-order valence-corrected chi connectivity index (χ1v) is 19.1. The summed E-state index contributed by atoms with van der Waals surface area (Å²) in [6.07, 6.45) is 0. The van der Waals surface area contributed by atoms with Crippen molar-refractivity contribution in [2.75, 3.05) is 0 Å². The molecule has 0 saturated carbocycles. The van der Waals surface area contributed by atoms with E-state index >= 15 is 0 Å². The maximum atomic E-state index is 6.58. The Labute approximate surface area is 326 Å². The third kappa shape index (κ3) is 4.81. The van der Waals surface area contributed by atoms with Gasteiger partial charge in [0.1, 0.15) is 11.2 Å². The number of rotatable bonds is 5. The molecule has 6 nitrogen and oxygen atoms in total. The molecule has 4 heterocycles. The molecule has 6 heteroatoms. The molecule has 57 heavy (non-hydrogen) atoms. The summed E-state index contributed by atoms with van der Waals surface area (Å²) in [7, 11) is 0. The summed E-state index contributed by atoms with van der Waals surface area (Å²) in [5.41, 5.74) is 10.9. The molecule has 0 fully saturated rings. The Hall–Kier alpha value is -7.83. The zero-order valence-electron chi connectivity index (χ0n) is 30.5. The van der Waals surface area contributed by atoms with E-state index in [-0.39, 0.29) is 0 Å². The van der Waals surface area contributed by atoms with E-state index in [1.54, 1.807) is 0 Å². The van der Waals surface area contributed by atoms with Crippen LogP contribution in [0.3, 0.4) is 0 Å². The van der Waals surface area contributed by atoms with E-state index in [1.807, 2.05) is 18.2 Å². The van der Waals surface area contributed by atoms with Crippen LogP contribution in [-0.4, -0.2) is 24.1 Å². The smallest absolute Gasteiger partial charge is 0.238 e. The first-order chi connectivity index (χ1) is 28.3. The normalized spacial score (nSPS) is 11.9. The number of benzene rings is 8. The van der Waals surface area contributed by atoms with Crippen molar-refractivity contribution in [1.82, 2.24) is 24.1 Å². The lowest BCUT2D eigenvalue weighted by atomic mass is 10.0. The average Bonchev–Trinajstić information content (AvgIpc) is 3.94. The quantitative estimate of drug-likeness (QED) is 0.177. The van der Waals surface area contributed by atoms with Crippen LogP contribution >= 0.6 is 0 Å². The lowest BCUT2D eigenvalue weighted by Crippen LogP contribution is -2.08. The average molecular weight is 730 g/mol. The Kier molecular flexibility index (Phi) is 6.83. The maximum absolute atomic E-state index is 6.58. The maximum Gasteiger partial charge on any atom is 0.238 e. The van der Waals surface area contributed by atoms with E-state index in [9.17, 15) is 0 Å². The molecule has 0 saturated heterocycles. The third-order valence-electron chi connectivity index (χ3n) is 11.2. The minimum atomic E-state index is 0.542. The summed E-state index contributed by atoms with van der Waals surface area (Å²) < 4.78 is 11.1. The fourth-order valence-electron chi connectivity index (χ4n) is 8.71. The van der Waals surface area contributed by atoms with E-state index in [0.717, 1.165) is 82.7 Å². The van der Waals surface area contributed by atoms with Crippen molar-refractivity contribution in [3.05, 3.63) is 188 Å². The van der Waals surface area contributed by atoms with Crippen LogP contribution in [0.25, 0.3) is 111 Å². The van der Waals surface area contributed by atoms with Crippen molar-refractivity contribution in [1.29, 1.82) is 0 Å². The molecule has 0 aliphatic carbocycles. The molecule has 0 atom stereocenters. The molecule has 12 rings (SSSR count). The van der Waals surface area contributed by atoms with Gasteiger partial charge in [0, 0.05) is 43.4 Å². The van der Waals surface area contributed by atoms with Crippen LogP contribution in [0.4, 0.5) is 0 Å². The summed E-state index contributed by atoms with van der Waals surface area (Å²) in [5.74, 6) is 1.68. The molecular weight excluding hydrogens is 699 g/mol. The first kappa shape index (κ1) is 31.5. The largest absolute Gasteiger partial charge is 0.456 e. The second-order valence-corrected chi connectivity index (χ2v) is 14.4. The van der Waals surface area contributed by atoms with Crippen LogP contribution in [0, 0.1) is 0 Å². The number of furan rings is 1. The third-order valence-corrected chi connectivity index (χ3v) is 11.2. The standard InChI is InChI=1S/C51H31N5O/c1-2-15-32(16-3-1)33-29-30-39-47(31-33)57-46-28-14-22-40(48(39)46)50-52-49(53-51(54-50)56-43-25-11-6-19-36(43)37-20-7-12-26-44(37)56)38-21-8-13-27-45(38)55-41-23-9-4-17-34(41)35-18-5-10-24-42(35)55/h1-31H. The van der Waals surface area contributed by atoms with Gasteiger partial charge in [-0.15, -0.1) is 0 Å². The molecule has 4 aromatic heterocycles. The molecule has 0 N–H and O–H groups in total. The van der Waals surface area contributed by atoms with Gasteiger partial charge >= 0.3 is 0 Å². The number of fused-ring (bicyclic) bond motifs is 9. The van der Waals surface area contributed by atoms with Gasteiger partial charge in [-0.3, -0.25) is 4.57 Å². The molecule has 0 unspecified atom stereocenters. The van der Waals surface area contributed by atoms with Gasteiger partial charge in [-0.2, -0.15) is 9.97 Å². The van der Waals surface area contributed by atoms with Crippen LogP contribution in [0.15, 0.2) is 192 Å². The molecule has 0 aliphatic rings. The number of para-hydroxylation sites is 5. The van der Waals surface area contributed by atoms with Crippen molar-refractivity contribution >= 4 is 65.6 Å². The van der Waals surface area contributed by atoms with E-state index < -0.39 is 0 Å². The van der Waals surface area contributed by atoms with Crippen LogP contribution in [0.1, 0.15) is 0 Å². The van der Waals surface area contributed by atoms with Gasteiger partial charge in [0.25, 0.3) is 0 Å². The zero-order valence-corrected chi connectivity index (χ0v) is 30.5. The fraction of sp³-hybridized carbons (Fsp3) is 0. The molecule has 0 bridgehead atoms. The van der Waals surface area contributed by atoms with Crippen LogP contribution in [0.5, 0.6) is 0 Å². The van der Waals surface area contributed by atoms with Gasteiger partial charge < -0.3 is 8.98 Å². The highest BCUT2D eigenvalue weighted by Gasteiger charge is 2.23. The number of nitrogens with zero attached hydrogens (tertiary/aromatic N) is 5. The van der Waals surface area contributed by atoms with Gasteiger partial charge in [-0.25, -0.2) is 4.98 Å². The minimum absolute atomic E-state index is 0.542. The van der Waals surface area contributed by atoms with Crippen molar-refractivity contribution in [2.45, 2.75) is 0 Å². The molecular formula is C51H31N5O. The van der Waals surface area contributed by atoms with Gasteiger partial charge in [0.05, 0.1) is 27.8 Å². The van der Waals surface area contributed by atoms with Gasteiger partial charge in [-0.05, 0) is 65.7 Å². The van der Waals surface area contributed by atoms with Gasteiger partial charge in [-0.1, -0.05) is 133 Å². The molecule has 266 valence electrons. The van der Waals surface area contributed by atoms with Gasteiger partial charge in [0.2, 0.25) is 5.95 Å². The molecule has 0 aliphatic heterocycles. The number of aromatic nitrogens is 5. The Morgan fingerprint density at radius 2 is 0.877 bits per heavy atom. The van der Waals surface area contributed by atoms with E-state index in [4.69, 9.17) is 19.4 Å². The van der Waals surface area contributed by atoms with Crippen LogP contribution in [0.2, 0.25) is 0 Å². The van der Waals surface area contributed by atoms with Crippen molar-refractivity contribution in [3.63, 3.8) is 0 Å². The lowest BCUT2D eigenvalue weighted by molar-refractivity contribution is 0.669. The van der Waals surface area contributed by atoms with Gasteiger partial charge in [0.15, 0.2) is 11.6 Å². The Morgan fingerprint density at radius 1 is 0.351 bits per heavy atom. The van der Waals surface area contributed by atoms with Crippen molar-refractivity contribution < 1.29 is 4.42 Å². The Bertz CT molecular complexity index is 3430. The zero-order chi connectivity index (χ0) is 37.5. The summed E-state index contributed by atoms with van der Waals surface area (Å²) in [6.45, 7) is 0. The molecule has 0 amide bonds. The predicted molar refractivity (Wildman–Crippen MR) is 232 cm³/mol. The summed E-state index contributed by atoms with van der Waals surface area (Å²) >= 11 is 0. The second kappa shape index (κ2) is 12.3. The van der Waals surface area contributed by atoms with Crippen LogP contribution in [-0.2, 0) is 0 Å². The molecule has 12 aromatic rings. The van der Waals surface area contributed by atoms with Crippen molar-refractivity contribution in [2.24, 2.45) is 0 Å². The highest BCUT2D eigenvalue weighted by atomic mass is 16.3. The van der Waals surface area contributed by atoms with E-state index in [1.165, 1.54) is 10.8 Å². The molecule has 0 radical (unpaired) electrons. The Morgan fingerprint density at radius 3 is 1.53 bits per heavy atom. The first-order valence-electron chi connectivity index (χ1n) is 19.1. The van der Waals surface area contributed by atoms with Crippen LogP contribution < -0.4 is 0 Å². The predicted octanol–water partition coefficient (Wildman–Crippen LogP) is 13.0. The number of hydrogen-bond donors (Lipinski definition) is 0. The molecule has 8 aromatic carbocycles.